The number of piperidine rings is 1. The second kappa shape index (κ2) is 8.49. The number of aryl methyl sites for hydroxylation is 1. The highest BCUT2D eigenvalue weighted by molar-refractivity contribution is 6.32. The fourth-order valence-corrected chi connectivity index (χ4v) is 4.99. The van der Waals surface area contributed by atoms with Crippen LogP contribution in [-0.4, -0.2) is 48.7 Å². The summed E-state index contributed by atoms with van der Waals surface area (Å²) in [5.74, 6) is 1.60. The fraction of sp³-hybridized carbons (Fsp3) is 0.565. The summed E-state index contributed by atoms with van der Waals surface area (Å²) in [4.78, 5) is 14.1. The average molecular weight is 415 g/mol. The van der Waals surface area contributed by atoms with Gasteiger partial charge in [-0.3, -0.25) is 4.90 Å². The number of benzene rings is 1. The molecule has 1 aromatic carbocycles. The van der Waals surface area contributed by atoms with Crippen LogP contribution in [0.4, 0.5) is 5.95 Å². The summed E-state index contributed by atoms with van der Waals surface area (Å²) in [6.45, 7) is 5.88. The van der Waals surface area contributed by atoms with Crippen molar-refractivity contribution in [1.82, 2.24) is 14.9 Å². The lowest BCUT2D eigenvalue weighted by atomic mass is 9.77. The largest absolute Gasteiger partial charge is 0.492 e. The molecule has 1 spiro atoms. The maximum atomic E-state index is 6.45. The summed E-state index contributed by atoms with van der Waals surface area (Å²) in [7, 11) is 4.02. The van der Waals surface area contributed by atoms with Crippen LogP contribution in [0.15, 0.2) is 24.4 Å². The zero-order chi connectivity index (χ0) is 20.4. The lowest BCUT2D eigenvalue weighted by Gasteiger charge is -2.40. The first kappa shape index (κ1) is 20.4. The molecule has 4 rings (SSSR count). The van der Waals surface area contributed by atoms with Crippen LogP contribution in [0.1, 0.15) is 49.4 Å². The molecule has 29 heavy (non-hydrogen) atoms. The SMILES string of the molecule is CCCOc1ccc(CN2CCCC3(CCc4cnc(N(C)C)nc43)C2)cc1Cl. The third kappa shape index (κ3) is 4.22. The van der Waals surface area contributed by atoms with Gasteiger partial charge in [-0.2, -0.15) is 0 Å². The van der Waals surface area contributed by atoms with Gasteiger partial charge in [-0.05, 0) is 61.9 Å². The van der Waals surface area contributed by atoms with E-state index >= 15 is 0 Å². The smallest absolute Gasteiger partial charge is 0.225 e. The number of ether oxygens (including phenoxy) is 1. The molecule has 0 bridgehead atoms. The Morgan fingerprint density at radius 3 is 2.90 bits per heavy atom. The zero-order valence-corrected chi connectivity index (χ0v) is 18.5. The molecule has 1 unspecified atom stereocenters. The Hall–Kier alpha value is -1.85. The standard InChI is InChI=1S/C23H31ClN4O/c1-4-12-29-20-7-6-17(13-19(20)24)15-28-11-5-9-23(16-28)10-8-18-14-25-22(27(2)3)26-21(18)23/h6-7,13-14H,4-5,8-12,15-16H2,1-3H3. The van der Waals surface area contributed by atoms with Gasteiger partial charge in [0.25, 0.3) is 0 Å². The van der Waals surface area contributed by atoms with E-state index in [1.54, 1.807) is 0 Å². The minimum Gasteiger partial charge on any atom is -0.492 e. The van der Waals surface area contributed by atoms with Crippen LogP contribution in [0.2, 0.25) is 5.02 Å². The minimum absolute atomic E-state index is 0.162. The molecule has 2 aromatic rings. The molecule has 5 nitrogen and oxygen atoms in total. The van der Waals surface area contributed by atoms with E-state index in [9.17, 15) is 0 Å². The molecule has 1 fully saturated rings. The van der Waals surface area contributed by atoms with E-state index in [1.807, 2.05) is 31.3 Å². The van der Waals surface area contributed by atoms with Gasteiger partial charge in [0.1, 0.15) is 5.75 Å². The van der Waals surface area contributed by atoms with Crippen molar-refractivity contribution in [3.63, 3.8) is 0 Å². The van der Waals surface area contributed by atoms with Crippen LogP contribution in [0.3, 0.4) is 0 Å². The highest BCUT2D eigenvalue weighted by atomic mass is 35.5. The number of likely N-dealkylation sites (tertiary alicyclic amines) is 1. The molecule has 0 amide bonds. The van der Waals surface area contributed by atoms with Crippen LogP contribution < -0.4 is 9.64 Å². The molecule has 1 aliphatic heterocycles. The number of rotatable bonds is 6. The van der Waals surface area contributed by atoms with E-state index in [0.29, 0.717) is 11.6 Å². The molecule has 0 saturated carbocycles. The molecule has 1 aromatic heterocycles. The maximum absolute atomic E-state index is 6.45. The van der Waals surface area contributed by atoms with E-state index < -0.39 is 0 Å². The third-order valence-electron chi connectivity index (χ3n) is 6.15. The quantitative estimate of drug-likeness (QED) is 0.697. The second-order valence-electron chi connectivity index (χ2n) is 8.65. The number of halogens is 1. The molecule has 1 saturated heterocycles. The molecule has 0 radical (unpaired) electrons. The number of hydrogen-bond acceptors (Lipinski definition) is 5. The Morgan fingerprint density at radius 1 is 1.28 bits per heavy atom. The molecule has 2 heterocycles. The first-order chi connectivity index (χ1) is 14.0. The van der Waals surface area contributed by atoms with E-state index in [1.165, 1.54) is 36.1 Å². The predicted molar refractivity (Wildman–Crippen MR) is 118 cm³/mol. The zero-order valence-electron chi connectivity index (χ0n) is 17.7. The van der Waals surface area contributed by atoms with Crippen molar-refractivity contribution in [2.24, 2.45) is 0 Å². The third-order valence-corrected chi connectivity index (χ3v) is 6.44. The minimum atomic E-state index is 0.162. The summed E-state index contributed by atoms with van der Waals surface area (Å²) < 4.78 is 5.71. The number of anilines is 1. The predicted octanol–water partition coefficient (Wildman–Crippen LogP) is 4.46. The molecule has 2 aliphatic rings. The van der Waals surface area contributed by atoms with Gasteiger partial charge in [-0.1, -0.05) is 24.6 Å². The van der Waals surface area contributed by atoms with Gasteiger partial charge in [0.15, 0.2) is 0 Å². The van der Waals surface area contributed by atoms with Crippen molar-refractivity contribution < 1.29 is 4.74 Å². The summed E-state index contributed by atoms with van der Waals surface area (Å²) in [5, 5.41) is 0.706. The van der Waals surface area contributed by atoms with Crippen LogP contribution in [0, 0.1) is 0 Å². The lowest BCUT2D eigenvalue weighted by Crippen LogP contribution is -2.45. The first-order valence-corrected chi connectivity index (χ1v) is 11.1. The van der Waals surface area contributed by atoms with Gasteiger partial charge in [0, 0.05) is 38.8 Å². The van der Waals surface area contributed by atoms with E-state index in [-0.39, 0.29) is 5.41 Å². The van der Waals surface area contributed by atoms with Crippen LogP contribution in [-0.2, 0) is 18.4 Å². The second-order valence-corrected chi connectivity index (χ2v) is 9.05. The Balaban J connectivity index is 1.50. The van der Waals surface area contributed by atoms with Crippen molar-refractivity contribution >= 4 is 17.5 Å². The average Bonchev–Trinajstić information content (AvgIpc) is 3.04. The molecule has 1 aliphatic carbocycles. The van der Waals surface area contributed by atoms with Gasteiger partial charge >= 0.3 is 0 Å². The van der Waals surface area contributed by atoms with Gasteiger partial charge in [-0.15, -0.1) is 0 Å². The van der Waals surface area contributed by atoms with E-state index in [0.717, 1.165) is 44.2 Å². The monoisotopic (exact) mass is 414 g/mol. The van der Waals surface area contributed by atoms with Crippen molar-refractivity contribution in [3.8, 4) is 5.75 Å². The Morgan fingerprint density at radius 2 is 2.14 bits per heavy atom. The van der Waals surface area contributed by atoms with Gasteiger partial charge < -0.3 is 9.64 Å². The topological polar surface area (TPSA) is 41.5 Å². The fourth-order valence-electron chi connectivity index (χ4n) is 4.74. The summed E-state index contributed by atoms with van der Waals surface area (Å²) >= 11 is 6.45. The Bertz CT molecular complexity index is 868. The number of aromatic nitrogens is 2. The molecule has 156 valence electrons. The Labute approximate surface area is 179 Å². The van der Waals surface area contributed by atoms with Crippen LogP contribution in [0.25, 0.3) is 0 Å². The molecule has 1 atom stereocenters. The Kier molecular flexibility index (Phi) is 5.98. The van der Waals surface area contributed by atoms with Crippen molar-refractivity contribution in [3.05, 3.63) is 46.2 Å². The van der Waals surface area contributed by atoms with Gasteiger partial charge in [0.2, 0.25) is 5.95 Å². The normalized spacial score (nSPS) is 21.4. The molecular weight excluding hydrogens is 384 g/mol. The molecular formula is C23H31ClN4O. The van der Waals surface area contributed by atoms with E-state index in [2.05, 4.69) is 28.9 Å². The molecule has 6 heteroatoms. The number of fused-ring (bicyclic) bond motifs is 2. The lowest BCUT2D eigenvalue weighted by molar-refractivity contribution is 0.137. The number of hydrogen-bond donors (Lipinski definition) is 0. The maximum Gasteiger partial charge on any atom is 0.225 e. The first-order valence-electron chi connectivity index (χ1n) is 10.7. The highest BCUT2D eigenvalue weighted by Gasteiger charge is 2.43. The highest BCUT2D eigenvalue weighted by Crippen LogP contribution is 2.44. The summed E-state index contributed by atoms with van der Waals surface area (Å²) in [6.07, 6.45) is 7.70. The summed E-state index contributed by atoms with van der Waals surface area (Å²) in [6, 6.07) is 6.21. The summed E-state index contributed by atoms with van der Waals surface area (Å²) in [5.41, 5.74) is 4.01. The molecule has 0 N–H and O–H groups in total. The van der Waals surface area contributed by atoms with Crippen LogP contribution in [0.5, 0.6) is 5.75 Å². The van der Waals surface area contributed by atoms with Crippen molar-refractivity contribution in [2.45, 2.75) is 51.0 Å². The number of nitrogens with zero attached hydrogens (tertiary/aromatic N) is 4. The van der Waals surface area contributed by atoms with Crippen molar-refractivity contribution in [2.75, 3.05) is 38.7 Å². The van der Waals surface area contributed by atoms with Gasteiger partial charge in [-0.25, -0.2) is 9.97 Å². The van der Waals surface area contributed by atoms with Gasteiger partial charge in [0.05, 0.1) is 17.3 Å². The van der Waals surface area contributed by atoms with E-state index in [4.69, 9.17) is 21.3 Å². The van der Waals surface area contributed by atoms with Crippen molar-refractivity contribution in [1.29, 1.82) is 0 Å². The van der Waals surface area contributed by atoms with Crippen LogP contribution >= 0.6 is 11.6 Å².